The SMILES string of the molecule is CCCn1nccc1C(O)C(C(F)(F)F)C(F)(F)F. The molecule has 1 rings (SSSR count). The number of alkyl halides is 6. The van der Waals surface area contributed by atoms with Crippen molar-refractivity contribution >= 4 is 0 Å². The third-order valence-electron chi connectivity index (χ3n) is 2.51. The van der Waals surface area contributed by atoms with Crippen molar-refractivity contribution in [2.45, 2.75) is 38.3 Å². The van der Waals surface area contributed by atoms with Gasteiger partial charge in [-0.1, -0.05) is 6.92 Å². The molecule has 0 aromatic carbocycles. The van der Waals surface area contributed by atoms with Crippen LogP contribution in [0.3, 0.4) is 0 Å². The summed E-state index contributed by atoms with van der Waals surface area (Å²) >= 11 is 0. The summed E-state index contributed by atoms with van der Waals surface area (Å²) in [7, 11) is 0. The summed E-state index contributed by atoms with van der Waals surface area (Å²) in [6, 6.07) is 0.949. The van der Waals surface area contributed by atoms with E-state index in [4.69, 9.17) is 0 Å². The molecule has 110 valence electrons. The number of nitrogens with zero attached hydrogens (tertiary/aromatic N) is 2. The summed E-state index contributed by atoms with van der Waals surface area (Å²) in [5.41, 5.74) is -0.499. The highest BCUT2D eigenvalue weighted by atomic mass is 19.4. The van der Waals surface area contributed by atoms with Crippen molar-refractivity contribution in [3.05, 3.63) is 18.0 Å². The highest BCUT2D eigenvalue weighted by Gasteiger charge is 2.61. The summed E-state index contributed by atoms with van der Waals surface area (Å²) < 4.78 is 75.7. The summed E-state index contributed by atoms with van der Waals surface area (Å²) in [4.78, 5) is 0. The largest absolute Gasteiger partial charge is 0.403 e. The maximum absolute atomic E-state index is 12.5. The maximum atomic E-state index is 12.5. The zero-order chi connectivity index (χ0) is 14.8. The van der Waals surface area contributed by atoms with Gasteiger partial charge in [-0.15, -0.1) is 0 Å². The van der Waals surface area contributed by atoms with Crippen LogP contribution in [0.5, 0.6) is 0 Å². The molecule has 19 heavy (non-hydrogen) atoms. The van der Waals surface area contributed by atoms with Gasteiger partial charge in [0.2, 0.25) is 0 Å². The molecule has 0 aliphatic heterocycles. The molecule has 9 heteroatoms. The third-order valence-corrected chi connectivity index (χ3v) is 2.51. The zero-order valence-electron chi connectivity index (χ0n) is 9.83. The van der Waals surface area contributed by atoms with Crippen LogP contribution in [0.25, 0.3) is 0 Å². The number of rotatable bonds is 4. The maximum Gasteiger partial charge on any atom is 0.403 e. The van der Waals surface area contributed by atoms with E-state index in [1.165, 1.54) is 0 Å². The van der Waals surface area contributed by atoms with Crippen molar-refractivity contribution in [3.8, 4) is 0 Å². The Kier molecular flexibility index (Phi) is 4.49. The lowest BCUT2D eigenvalue weighted by Gasteiger charge is -2.27. The Bertz CT molecular complexity index is 397. The Morgan fingerprint density at radius 1 is 1.21 bits per heavy atom. The lowest BCUT2D eigenvalue weighted by Crippen LogP contribution is -2.41. The first kappa shape index (κ1) is 15.8. The number of aliphatic hydroxyl groups excluding tert-OH is 1. The van der Waals surface area contributed by atoms with Crippen LogP contribution in [0.1, 0.15) is 25.1 Å². The molecule has 1 atom stereocenters. The number of aliphatic hydroxyl groups is 1. The average Bonchev–Trinajstić information content (AvgIpc) is 2.61. The van der Waals surface area contributed by atoms with E-state index in [0.717, 1.165) is 16.9 Å². The molecule has 1 aromatic rings. The van der Waals surface area contributed by atoms with E-state index in [2.05, 4.69) is 5.10 Å². The van der Waals surface area contributed by atoms with E-state index in [1.807, 2.05) is 0 Å². The first-order chi connectivity index (χ1) is 8.59. The fourth-order valence-corrected chi connectivity index (χ4v) is 1.71. The topological polar surface area (TPSA) is 38.0 Å². The highest BCUT2D eigenvalue weighted by Crippen LogP contribution is 2.46. The van der Waals surface area contributed by atoms with E-state index in [0.29, 0.717) is 6.42 Å². The van der Waals surface area contributed by atoms with Crippen molar-refractivity contribution in [1.82, 2.24) is 9.78 Å². The van der Waals surface area contributed by atoms with Gasteiger partial charge in [-0.2, -0.15) is 31.4 Å². The first-order valence-corrected chi connectivity index (χ1v) is 5.42. The van der Waals surface area contributed by atoms with Gasteiger partial charge in [-0.3, -0.25) is 4.68 Å². The Morgan fingerprint density at radius 3 is 2.16 bits per heavy atom. The van der Waals surface area contributed by atoms with E-state index < -0.39 is 30.1 Å². The second-order valence-corrected chi connectivity index (χ2v) is 3.98. The van der Waals surface area contributed by atoms with Crippen LogP contribution in [0.15, 0.2) is 12.3 Å². The third kappa shape index (κ3) is 3.62. The zero-order valence-corrected chi connectivity index (χ0v) is 9.83. The fraction of sp³-hybridized carbons (Fsp3) is 0.700. The summed E-state index contributed by atoms with van der Waals surface area (Å²) in [5.74, 6) is -3.83. The van der Waals surface area contributed by atoms with Crippen LogP contribution in [-0.4, -0.2) is 27.2 Å². The van der Waals surface area contributed by atoms with Crippen molar-refractivity contribution in [2.24, 2.45) is 5.92 Å². The minimum atomic E-state index is -5.58. The molecule has 0 radical (unpaired) electrons. The molecule has 0 saturated carbocycles. The van der Waals surface area contributed by atoms with Gasteiger partial charge in [0.25, 0.3) is 0 Å². The molecule has 0 aliphatic carbocycles. The van der Waals surface area contributed by atoms with Gasteiger partial charge in [-0.25, -0.2) is 0 Å². The van der Waals surface area contributed by atoms with Gasteiger partial charge in [-0.05, 0) is 12.5 Å². The number of hydrogen-bond donors (Lipinski definition) is 1. The van der Waals surface area contributed by atoms with Crippen LogP contribution < -0.4 is 0 Å². The molecule has 3 nitrogen and oxygen atoms in total. The Balaban J connectivity index is 3.13. The smallest absolute Gasteiger partial charge is 0.386 e. The van der Waals surface area contributed by atoms with E-state index >= 15 is 0 Å². The molecule has 0 fully saturated rings. The molecular formula is C10H12F6N2O. The molecule has 1 unspecified atom stereocenters. The summed E-state index contributed by atoms with van der Waals surface area (Å²) in [6.45, 7) is 1.81. The molecule has 1 aromatic heterocycles. The Morgan fingerprint density at radius 2 is 1.74 bits per heavy atom. The second-order valence-electron chi connectivity index (χ2n) is 3.98. The summed E-state index contributed by atoms with van der Waals surface area (Å²) in [5, 5.41) is 13.0. The van der Waals surface area contributed by atoms with Gasteiger partial charge >= 0.3 is 12.4 Å². The van der Waals surface area contributed by atoms with Crippen LogP contribution in [-0.2, 0) is 6.54 Å². The standard InChI is InChI=1S/C10H12F6N2O/c1-2-5-18-6(3-4-17-18)7(19)8(9(11,12)13)10(14,15)16/h3-4,7-8,19H,2,5H2,1H3. The highest BCUT2D eigenvalue weighted by molar-refractivity contribution is 5.08. The minimum absolute atomic E-state index is 0.127. The van der Waals surface area contributed by atoms with E-state index in [-0.39, 0.29) is 6.54 Å². The molecule has 0 bridgehead atoms. The number of aryl methyl sites for hydroxylation is 1. The van der Waals surface area contributed by atoms with Gasteiger partial charge in [0.1, 0.15) is 6.10 Å². The molecule has 0 amide bonds. The molecule has 1 heterocycles. The monoisotopic (exact) mass is 290 g/mol. The molecule has 0 aliphatic rings. The minimum Gasteiger partial charge on any atom is -0.386 e. The predicted octanol–water partition coefficient (Wildman–Crippen LogP) is 3.07. The van der Waals surface area contributed by atoms with Gasteiger partial charge in [0.05, 0.1) is 5.69 Å². The average molecular weight is 290 g/mol. The predicted molar refractivity (Wildman–Crippen MR) is 53.1 cm³/mol. The van der Waals surface area contributed by atoms with Crippen LogP contribution >= 0.6 is 0 Å². The van der Waals surface area contributed by atoms with Gasteiger partial charge in [0.15, 0.2) is 5.92 Å². The van der Waals surface area contributed by atoms with Gasteiger partial charge in [0, 0.05) is 12.7 Å². The first-order valence-electron chi connectivity index (χ1n) is 5.42. The number of hydrogen-bond acceptors (Lipinski definition) is 2. The van der Waals surface area contributed by atoms with Gasteiger partial charge < -0.3 is 5.11 Å². The second kappa shape index (κ2) is 5.40. The fourth-order valence-electron chi connectivity index (χ4n) is 1.71. The van der Waals surface area contributed by atoms with E-state index in [9.17, 15) is 31.4 Å². The molecule has 0 spiro atoms. The Labute approximate surface area is 104 Å². The molecular weight excluding hydrogens is 278 g/mol. The normalized spacial score (nSPS) is 15.0. The van der Waals surface area contributed by atoms with Crippen molar-refractivity contribution in [1.29, 1.82) is 0 Å². The van der Waals surface area contributed by atoms with Crippen LogP contribution in [0.2, 0.25) is 0 Å². The molecule has 1 N–H and O–H groups in total. The lowest BCUT2D eigenvalue weighted by molar-refractivity contribution is -0.308. The van der Waals surface area contributed by atoms with E-state index in [1.54, 1.807) is 6.92 Å². The number of halogens is 6. The quantitative estimate of drug-likeness (QED) is 0.865. The lowest BCUT2D eigenvalue weighted by atomic mass is 9.98. The molecule has 0 saturated heterocycles. The van der Waals surface area contributed by atoms with Crippen LogP contribution in [0, 0.1) is 5.92 Å². The van der Waals surface area contributed by atoms with Crippen LogP contribution in [0.4, 0.5) is 26.3 Å². The van der Waals surface area contributed by atoms with Crippen molar-refractivity contribution in [2.75, 3.05) is 0 Å². The number of aromatic nitrogens is 2. The Hall–Kier alpha value is -1.25. The van der Waals surface area contributed by atoms with Crippen molar-refractivity contribution < 1.29 is 31.4 Å². The summed E-state index contributed by atoms with van der Waals surface area (Å²) in [6.07, 6.45) is -12.4. The van der Waals surface area contributed by atoms with Crippen molar-refractivity contribution in [3.63, 3.8) is 0 Å².